The summed E-state index contributed by atoms with van der Waals surface area (Å²) in [4.78, 5) is 39.1. The number of hydrogen-bond acceptors (Lipinski definition) is 6. The van der Waals surface area contributed by atoms with Gasteiger partial charge in [-0.05, 0) is 79.6 Å². The molecule has 39 heavy (non-hydrogen) atoms. The third-order valence-corrected chi connectivity index (χ3v) is 8.01. The first-order valence-corrected chi connectivity index (χ1v) is 14.0. The molecule has 0 unspecified atom stereocenters. The number of rotatable bonds is 8. The number of hydrogen-bond donors (Lipinski definition) is 1. The molecule has 0 saturated heterocycles. The van der Waals surface area contributed by atoms with E-state index in [1.807, 2.05) is 48.5 Å². The highest BCUT2D eigenvalue weighted by Crippen LogP contribution is 2.37. The van der Waals surface area contributed by atoms with Crippen LogP contribution in [0, 0.1) is 18.5 Å². The number of aliphatic carboxylic acids is 1. The second kappa shape index (κ2) is 13.1. The lowest BCUT2D eigenvalue weighted by molar-refractivity contribution is -0.149. The molecule has 4 rings (SSSR count). The van der Waals surface area contributed by atoms with Crippen LogP contribution in [0.1, 0.15) is 22.3 Å². The molecule has 0 spiro atoms. The number of fused-ring (bicyclic) bond motifs is 1. The van der Waals surface area contributed by atoms with Gasteiger partial charge in [-0.3, -0.25) is 4.79 Å². The van der Waals surface area contributed by atoms with Gasteiger partial charge in [-0.15, -0.1) is 0 Å². The molecule has 1 aliphatic rings. The van der Waals surface area contributed by atoms with Crippen molar-refractivity contribution in [1.29, 1.82) is 5.26 Å². The largest absolute Gasteiger partial charge is 0.480 e. The minimum atomic E-state index is -1.16. The van der Waals surface area contributed by atoms with Gasteiger partial charge in [-0.2, -0.15) is 5.26 Å². The molecule has 1 N–H and O–H groups in total. The Hall–Kier alpha value is -3.44. The van der Waals surface area contributed by atoms with Gasteiger partial charge in [-0.25, -0.2) is 9.59 Å². The van der Waals surface area contributed by atoms with Crippen molar-refractivity contribution in [3.05, 3.63) is 102 Å². The van der Waals surface area contributed by atoms with Crippen molar-refractivity contribution in [2.24, 2.45) is 0 Å². The SMILES string of the molecule is N#C/C(=C\c1ccccc1)C(=O)N1Cc2c(cc(I)c(OCC(=O)OCc3ccccc3)c2I)C[C@H]1C(=O)O. The monoisotopic (exact) mass is 748 g/mol. The molecule has 8 nitrogen and oxygen atoms in total. The van der Waals surface area contributed by atoms with E-state index in [9.17, 15) is 24.8 Å². The molecule has 3 aromatic rings. The summed E-state index contributed by atoms with van der Waals surface area (Å²) in [6.45, 7) is -0.202. The molecule has 1 heterocycles. The fourth-order valence-corrected chi connectivity index (χ4v) is 6.41. The Balaban J connectivity index is 1.55. The average molecular weight is 748 g/mol. The molecular weight excluding hydrogens is 726 g/mol. The fraction of sp³-hybridized carbons (Fsp3) is 0.172. The maximum atomic E-state index is 13.4. The van der Waals surface area contributed by atoms with Crippen LogP contribution in [0.2, 0.25) is 0 Å². The summed E-state index contributed by atoms with van der Waals surface area (Å²) in [7, 11) is 0. The van der Waals surface area contributed by atoms with Crippen molar-refractivity contribution in [3.63, 3.8) is 0 Å². The van der Waals surface area contributed by atoms with Crippen LogP contribution < -0.4 is 4.74 Å². The van der Waals surface area contributed by atoms with Crippen LogP contribution in [0.25, 0.3) is 6.08 Å². The second-order valence-corrected chi connectivity index (χ2v) is 10.9. The molecule has 0 aliphatic carbocycles. The van der Waals surface area contributed by atoms with E-state index in [1.54, 1.807) is 24.3 Å². The standard InChI is InChI=1S/C29H22I2N2O6/c30-23-12-20-13-24(29(36)37)33(28(35)21(14-32)11-18-7-3-1-4-8-18)15-22(20)26(31)27(23)39-17-25(34)38-16-19-9-5-2-6-10-19/h1-12,24H,13,15-17H2,(H,36,37)/b21-11+/t24-/m0/s1. The van der Waals surface area contributed by atoms with Gasteiger partial charge in [0.05, 0.1) is 7.14 Å². The minimum absolute atomic E-state index is 0.0249. The number of nitrogens with zero attached hydrogens (tertiary/aromatic N) is 2. The number of carbonyl (C=O) groups is 3. The van der Waals surface area contributed by atoms with Crippen molar-refractivity contribution in [3.8, 4) is 11.8 Å². The van der Waals surface area contributed by atoms with Gasteiger partial charge in [-0.1, -0.05) is 60.7 Å². The molecule has 0 saturated carbocycles. The lowest BCUT2D eigenvalue weighted by atomic mass is 9.93. The summed E-state index contributed by atoms with van der Waals surface area (Å²) in [6.07, 6.45) is 1.52. The molecule has 10 heteroatoms. The van der Waals surface area contributed by atoms with Gasteiger partial charge in [0.25, 0.3) is 5.91 Å². The van der Waals surface area contributed by atoms with Crippen molar-refractivity contribution >= 4 is 69.1 Å². The summed E-state index contributed by atoms with van der Waals surface area (Å²) in [5, 5.41) is 19.6. The van der Waals surface area contributed by atoms with E-state index in [0.29, 0.717) is 24.0 Å². The molecule has 0 bridgehead atoms. The molecule has 1 amide bonds. The smallest absolute Gasteiger partial charge is 0.344 e. The van der Waals surface area contributed by atoms with Gasteiger partial charge >= 0.3 is 11.9 Å². The molecular formula is C29H22I2N2O6. The number of nitriles is 1. The lowest BCUT2D eigenvalue weighted by Crippen LogP contribution is -2.49. The maximum absolute atomic E-state index is 13.4. The number of carboxylic acids is 1. The number of esters is 1. The average Bonchev–Trinajstić information content (AvgIpc) is 2.94. The van der Waals surface area contributed by atoms with Gasteiger partial charge in [0, 0.05) is 13.0 Å². The highest BCUT2D eigenvalue weighted by Gasteiger charge is 2.37. The Morgan fingerprint density at radius 2 is 1.74 bits per heavy atom. The number of carboxylic acid groups (broad SMARTS) is 1. The van der Waals surface area contributed by atoms with Crippen molar-refractivity contribution in [1.82, 2.24) is 4.90 Å². The zero-order valence-electron chi connectivity index (χ0n) is 20.5. The first-order valence-electron chi connectivity index (χ1n) is 11.8. The number of ether oxygens (including phenoxy) is 2. The Kier molecular flexibility index (Phi) is 9.58. The summed E-state index contributed by atoms with van der Waals surface area (Å²) in [6, 6.07) is 20.8. The quantitative estimate of drug-likeness (QED) is 0.150. The topological polar surface area (TPSA) is 117 Å². The third kappa shape index (κ3) is 6.96. The van der Waals surface area contributed by atoms with Crippen molar-refractivity contribution in [2.45, 2.75) is 25.6 Å². The predicted molar refractivity (Wildman–Crippen MR) is 159 cm³/mol. The summed E-state index contributed by atoms with van der Waals surface area (Å²) in [5.74, 6) is -1.90. The molecule has 1 aliphatic heterocycles. The Labute approximate surface area is 252 Å². The number of benzene rings is 3. The van der Waals surface area contributed by atoms with Crippen LogP contribution in [0.15, 0.2) is 72.3 Å². The van der Waals surface area contributed by atoms with E-state index in [4.69, 9.17) is 9.47 Å². The van der Waals surface area contributed by atoms with Gasteiger partial charge in [0.2, 0.25) is 0 Å². The molecule has 1 atom stereocenters. The van der Waals surface area contributed by atoms with Crippen LogP contribution in [0.5, 0.6) is 5.75 Å². The molecule has 0 aromatic heterocycles. The first-order chi connectivity index (χ1) is 18.8. The van der Waals surface area contributed by atoms with E-state index in [1.165, 1.54) is 11.0 Å². The van der Waals surface area contributed by atoms with Gasteiger partial charge in [0.15, 0.2) is 6.61 Å². The molecule has 0 radical (unpaired) electrons. The number of amides is 1. The Morgan fingerprint density at radius 1 is 1.08 bits per heavy atom. The first kappa shape index (κ1) is 28.6. The van der Waals surface area contributed by atoms with E-state index < -0.39 is 23.9 Å². The number of carbonyl (C=O) groups excluding carboxylic acids is 2. The summed E-state index contributed by atoms with van der Waals surface area (Å²) in [5.41, 5.74) is 2.84. The van der Waals surface area contributed by atoms with E-state index in [2.05, 4.69) is 45.2 Å². The third-order valence-electron chi connectivity index (χ3n) is 6.07. The highest BCUT2D eigenvalue weighted by molar-refractivity contribution is 14.1. The molecule has 198 valence electrons. The zero-order valence-corrected chi connectivity index (χ0v) is 24.8. The Morgan fingerprint density at radius 3 is 2.38 bits per heavy atom. The van der Waals surface area contributed by atoms with Crippen LogP contribution in [0.3, 0.4) is 0 Å². The van der Waals surface area contributed by atoms with Crippen LogP contribution in [-0.2, 0) is 38.7 Å². The lowest BCUT2D eigenvalue weighted by Gasteiger charge is -2.35. The Bertz CT molecular complexity index is 1470. The fourth-order valence-electron chi connectivity index (χ4n) is 4.13. The zero-order chi connectivity index (χ0) is 27.9. The number of halogens is 2. The van der Waals surface area contributed by atoms with Gasteiger partial charge in [0.1, 0.15) is 30.0 Å². The van der Waals surface area contributed by atoms with Crippen molar-refractivity contribution < 1.29 is 29.0 Å². The van der Waals surface area contributed by atoms with Crippen LogP contribution >= 0.6 is 45.2 Å². The normalized spacial score (nSPS) is 14.6. The maximum Gasteiger partial charge on any atom is 0.344 e. The van der Waals surface area contributed by atoms with Crippen molar-refractivity contribution in [2.75, 3.05) is 6.61 Å². The highest BCUT2D eigenvalue weighted by atomic mass is 127. The minimum Gasteiger partial charge on any atom is -0.480 e. The second-order valence-electron chi connectivity index (χ2n) is 8.65. The summed E-state index contributed by atoms with van der Waals surface area (Å²) < 4.78 is 12.5. The van der Waals surface area contributed by atoms with E-state index in [-0.39, 0.29) is 31.8 Å². The molecule has 0 fully saturated rings. The van der Waals surface area contributed by atoms with E-state index in [0.717, 1.165) is 11.1 Å². The van der Waals surface area contributed by atoms with Crippen LogP contribution in [-0.4, -0.2) is 40.5 Å². The van der Waals surface area contributed by atoms with Crippen LogP contribution in [0.4, 0.5) is 0 Å². The summed E-state index contributed by atoms with van der Waals surface area (Å²) >= 11 is 4.16. The van der Waals surface area contributed by atoms with E-state index >= 15 is 0 Å². The predicted octanol–water partition coefficient (Wildman–Crippen LogP) is 4.96. The molecule has 3 aromatic carbocycles. The van der Waals surface area contributed by atoms with Gasteiger partial charge < -0.3 is 19.5 Å².